The Balaban J connectivity index is 2.31. The monoisotopic (exact) mass is 241 g/mol. The number of nitrogens with zero attached hydrogens (tertiary/aromatic N) is 3. The molecule has 1 aliphatic rings. The number of aromatic nitrogens is 1. The Morgan fingerprint density at radius 2 is 2.28 bits per heavy atom. The quantitative estimate of drug-likeness (QED) is 0.801. The lowest BCUT2D eigenvalue weighted by Crippen LogP contribution is -2.19. The van der Waals surface area contributed by atoms with Crippen LogP contribution in [-0.2, 0) is 0 Å². The van der Waals surface area contributed by atoms with Gasteiger partial charge in [-0.3, -0.25) is 9.78 Å². The lowest BCUT2D eigenvalue weighted by atomic mass is 10.1. The van der Waals surface area contributed by atoms with E-state index in [1.807, 2.05) is 13.0 Å². The van der Waals surface area contributed by atoms with E-state index in [0.717, 1.165) is 0 Å². The normalized spacial score (nSPS) is 13.9. The van der Waals surface area contributed by atoms with Gasteiger partial charge in [0.15, 0.2) is 0 Å². The highest BCUT2D eigenvalue weighted by Gasteiger charge is 2.28. The van der Waals surface area contributed by atoms with Crippen LogP contribution in [0.4, 0.5) is 4.79 Å². The lowest BCUT2D eigenvalue weighted by Gasteiger charge is -2.01. The Morgan fingerprint density at radius 1 is 1.50 bits per heavy atom. The first kappa shape index (κ1) is 11.8. The first-order valence-corrected chi connectivity index (χ1v) is 5.32. The summed E-state index contributed by atoms with van der Waals surface area (Å²) in [6.45, 7) is 1.82. The molecule has 1 aliphatic heterocycles. The van der Waals surface area contributed by atoms with E-state index in [4.69, 9.17) is 5.26 Å². The lowest BCUT2D eigenvalue weighted by molar-refractivity contribution is 0.102. The molecular weight excluding hydrogens is 232 g/mol. The van der Waals surface area contributed by atoms with Gasteiger partial charge in [-0.25, -0.2) is 4.79 Å². The maximum atomic E-state index is 12.1. The number of urea groups is 1. The van der Waals surface area contributed by atoms with Gasteiger partial charge in [0.1, 0.15) is 17.5 Å². The van der Waals surface area contributed by atoms with Crippen LogP contribution in [0.1, 0.15) is 29.4 Å². The van der Waals surface area contributed by atoms with E-state index in [0.29, 0.717) is 17.7 Å². The van der Waals surface area contributed by atoms with Crippen molar-refractivity contribution in [3.05, 3.63) is 41.0 Å². The number of carbonyl (C=O) groups excluding carboxylic acids is 2. The van der Waals surface area contributed by atoms with Gasteiger partial charge in [-0.2, -0.15) is 10.6 Å². The third-order valence-corrected chi connectivity index (χ3v) is 2.45. The summed E-state index contributed by atoms with van der Waals surface area (Å²) in [5, 5.41) is 14.8. The maximum absolute atomic E-state index is 12.1. The molecule has 0 fully saturated rings. The van der Waals surface area contributed by atoms with E-state index in [9.17, 15) is 9.59 Å². The minimum atomic E-state index is -0.538. The van der Waals surface area contributed by atoms with Gasteiger partial charge < -0.3 is 5.32 Å². The third kappa shape index (κ3) is 2.06. The van der Waals surface area contributed by atoms with Gasteiger partial charge >= 0.3 is 6.03 Å². The molecule has 2 rings (SSSR count). The molecule has 0 bridgehead atoms. The van der Waals surface area contributed by atoms with E-state index >= 15 is 0 Å². The first-order valence-electron chi connectivity index (χ1n) is 5.32. The molecule has 1 N–H and O–H groups in total. The Hall–Kier alpha value is -2.68. The van der Waals surface area contributed by atoms with Crippen LogP contribution in [-0.4, -0.2) is 16.8 Å². The summed E-state index contributed by atoms with van der Waals surface area (Å²) in [5.41, 5.74) is 1.12. The second-order valence-electron chi connectivity index (χ2n) is 3.60. The van der Waals surface area contributed by atoms with E-state index < -0.39 is 11.8 Å². The summed E-state index contributed by atoms with van der Waals surface area (Å²) < 4.78 is 0. The summed E-state index contributed by atoms with van der Waals surface area (Å²) in [6.07, 6.45) is 1.82. The minimum Gasteiger partial charge on any atom is -0.308 e. The smallest absolute Gasteiger partial charge is 0.308 e. The van der Waals surface area contributed by atoms with Gasteiger partial charge in [0.2, 0.25) is 5.78 Å². The molecule has 2 heterocycles. The molecule has 6 heteroatoms. The number of nitriles is 1. The number of nitrogens with one attached hydrogen (secondary N) is 1. The van der Waals surface area contributed by atoms with Crippen molar-refractivity contribution in [2.24, 2.45) is 0 Å². The van der Waals surface area contributed by atoms with Crippen LogP contribution in [0.5, 0.6) is 0 Å². The van der Waals surface area contributed by atoms with Crippen LogP contribution >= 0.6 is 0 Å². The number of allylic oxidation sites excluding steroid dienone is 2. The largest absolute Gasteiger partial charge is 0.345 e. The van der Waals surface area contributed by atoms with Crippen molar-refractivity contribution in [1.82, 2.24) is 15.6 Å². The van der Waals surface area contributed by atoms with E-state index in [1.165, 1.54) is 18.3 Å². The number of hydrogen-bond donors (Lipinski definition) is 1. The molecule has 1 radical (unpaired) electrons. The van der Waals surface area contributed by atoms with Gasteiger partial charge in [0.05, 0.1) is 5.56 Å². The molecular formula is C12H9N4O2. The summed E-state index contributed by atoms with van der Waals surface area (Å²) in [4.78, 5) is 27.1. The average Bonchev–Trinajstić information content (AvgIpc) is 2.79. The zero-order valence-electron chi connectivity index (χ0n) is 9.60. The molecule has 18 heavy (non-hydrogen) atoms. The predicted octanol–water partition coefficient (Wildman–Crippen LogP) is 1.09. The molecule has 6 nitrogen and oxygen atoms in total. The van der Waals surface area contributed by atoms with Crippen LogP contribution in [0.15, 0.2) is 29.7 Å². The predicted molar refractivity (Wildman–Crippen MR) is 61.3 cm³/mol. The Kier molecular flexibility index (Phi) is 3.06. The van der Waals surface area contributed by atoms with Gasteiger partial charge in [0.25, 0.3) is 0 Å². The molecule has 0 unspecified atom stereocenters. The molecule has 0 aliphatic carbocycles. The zero-order chi connectivity index (χ0) is 13.1. The van der Waals surface area contributed by atoms with E-state index in [-0.39, 0.29) is 11.4 Å². The Labute approximate surface area is 103 Å². The molecule has 0 atom stereocenters. The fourth-order valence-corrected chi connectivity index (χ4v) is 1.54. The highest BCUT2D eigenvalue weighted by Crippen LogP contribution is 2.15. The average molecular weight is 241 g/mol. The highest BCUT2D eigenvalue weighted by atomic mass is 16.2. The van der Waals surface area contributed by atoms with Gasteiger partial charge in [-0.1, -0.05) is 6.92 Å². The highest BCUT2D eigenvalue weighted by molar-refractivity contribution is 6.11. The molecule has 0 saturated heterocycles. The molecule has 1 aromatic rings. The van der Waals surface area contributed by atoms with Crippen molar-refractivity contribution in [2.75, 3.05) is 0 Å². The number of pyridine rings is 1. The van der Waals surface area contributed by atoms with Crippen molar-refractivity contribution < 1.29 is 9.59 Å². The SMILES string of the molecule is CCC1=C(C(=O)c2ccc(C#N)cn2)[N]C(=O)N1. The summed E-state index contributed by atoms with van der Waals surface area (Å²) >= 11 is 0. The Bertz CT molecular complexity index is 581. The van der Waals surface area contributed by atoms with Crippen LogP contribution < -0.4 is 10.6 Å². The molecule has 1 aromatic heterocycles. The number of amides is 2. The summed E-state index contributed by atoms with van der Waals surface area (Å²) in [5.74, 6) is -0.422. The summed E-state index contributed by atoms with van der Waals surface area (Å²) in [7, 11) is 0. The third-order valence-electron chi connectivity index (χ3n) is 2.45. The minimum absolute atomic E-state index is 0.0970. The van der Waals surface area contributed by atoms with Crippen molar-refractivity contribution in [3.8, 4) is 6.07 Å². The first-order chi connectivity index (χ1) is 8.65. The van der Waals surface area contributed by atoms with Crippen LogP contribution in [0.2, 0.25) is 0 Å². The van der Waals surface area contributed by atoms with Crippen LogP contribution in [0.3, 0.4) is 0 Å². The summed E-state index contributed by atoms with van der Waals surface area (Å²) in [6, 6.07) is 4.32. The van der Waals surface area contributed by atoms with Gasteiger partial charge in [-0.05, 0) is 18.6 Å². The molecule has 0 saturated carbocycles. The molecule has 0 spiro atoms. The van der Waals surface area contributed by atoms with Gasteiger partial charge in [-0.15, -0.1) is 0 Å². The van der Waals surface area contributed by atoms with Crippen LogP contribution in [0, 0.1) is 11.3 Å². The number of hydrogen-bond acceptors (Lipinski definition) is 4. The second-order valence-corrected chi connectivity index (χ2v) is 3.60. The van der Waals surface area contributed by atoms with E-state index in [1.54, 1.807) is 0 Å². The fourth-order valence-electron chi connectivity index (χ4n) is 1.54. The maximum Gasteiger partial charge on any atom is 0.345 e. The molecule has 89 valence electrons. The van der Waals surface area contributed by atoms with Gasteiger partial charge in [0, 0.05) is 11.9 Å². The number of ketones is 1. The van der Waals surface area contributed by atoms with E-state index in [2.05, 4.69) is 15.6 Å². The molecule has 0 aromatic carbocycles. The number of rotatable bonds is 3. The zero-order valence-corrected chi connectivity index (χ0v) is 9.60. The van der Waals surface area contributed by atoms with Crippen molar-refractivity contribution in [3.63, 3.8) is 0 Å². The van der Waals surface area contributed by atoms with Crippen molar-refractivity contribution >= 4 is 11.8 Å². The fraction of sp³-hybridized carbons (Fsp3) is 0.167. The standard InChI is InChI=1S/C12H9N4O2/c1-2-8-10(16-12(18)15-8)11(17)9-4-3-7(5-13)6-14-9/h3-4,6H,2H2,1H3,(H,15,18). The number of Topliss-reactive ketones (excluding diaryl/α,β-unsaturated/α-hetero) is 1. The number of carbonyl (C=O) groups is 2. The Morgan fingerprint density at radius 3 is 2.83 bits per heavy atom. The molecule has 2 amide bonds. The second kappa shape index (κ2) is 4.67. The van der Waals surface area contributed by atoms with Crippen molar-refractivity contribution in [2.45, 2.75) is 13.3 Å². The topological polar surface area (TPSA) is 96.9 Å². The van der Waals surface area contributed by atoms with Crippen LogP contribution in [0.25, 0.3) is 0 Å². The van der Waals surface area contributed by atoms with Crippen molar-refractivity contribution in [1.29, 1.82) is 5.26 Å².